The maximum absolute atomic E-state index is 12.5. The Hall–Kier alpha value is -2.69. The quantitative estimate of drug-likeness (QED) is 0.719. The van der Waals surface area contributed by atoms with Crippen LogP contribution < -0.4 is 5.32 Å². The number of aliphatic carboxylic acids is 1. The van der Waals surface area contributed by atoms with Crippen LogP contribution in [0.4, 0.5) is 13.2 Å². The van der Waals surface area contributed by atoms with Crippen molar-refractivity contribution in [3.8, 4) is 0 Å². The lowest BCUT2D eigenvalue weighted by atomic mass is 9.88. The van der Waals surface area contributed by atoms with Crippen molar-refractivity contribution in [2.24, 2.45) is 5.92 Å². The lowest BCUT2D eigenvalue weighted by molar-refractivity contribution is -0.192. The van der Waals surface area contributed by atoms with Crippen LogP contribution >= 0.6 is 0 Å². The largest absolute Gasteiger partial charge is 0.490 e. The molecule has 0 aromatic carbocycles. The number of carboxylic acids is 1. The van der Waals surface area contributed by atoms with E-state index in [1.807, 2.05) is 4.90 Å². The van der Waals surface area contributed by atoms with Crippen LogP contribution in [0, 0.1) is 5.92 Å². The van der Waals surface area contributed by atoms with Gasteiger partial charge in [-0.1, -0.05) is 0 Å². The Labute approximate surface area is 183 Å². The molecule has 0 radical (unpaired) electrons. The molecule has 11 heteroatoms. The van der Waals surface area contributed by atoms with Crippen LogP contribution in [0.5, 0.6) is 0 Å². The third kappa shape index (κ3) is 6.41. The van der Waals surface area contributed by atoms with Crippen molar-refractivity contribution < 1.29 is 37.4 Å². The molecule has 32 heavy (non-hydrogen) atoms. The number of piperidine rings is 1. The molecule has 0 bridgehead atoms. The summed E-state index contributed by atoms with van der Waals surface area (Å²) in [6, 6.07) is 3.58. The highest BCUT2D eigenvalue weighted by Gasteiger charge is 2.45. The number of pyridine rings is 1. The molecule has 1 spiro atoms. The second-order valence-corrected chi connectivity index (χ2v) is 8.35. The number of alkyl halides is 3. The number of hydrogen-bond donors (Lipinski definition) is 2. The van der Waals surface area contributed by atoms with Gasteiger partial charge in [-0.3, -0.25) is 14.6 Å². The van der Waals surface area contributed by atoms with E-state index in [9.17, 15) is 22.8 Å². The summed E-state index contributed by atoms with van der Waals surface area (Å²) in [4.78, 5) is 39.5. The van der Waals surface area contributed by atoms with Gasteiger partial charge >= 0.3 is 12.1 Å². The first kappa shape index (κ1) is 24.0. The van der Waals surface area contributed by atoms with E-state index in [0.717, 1.165) is 32.2 Å². The predicted octanol–water partition coefficient (Wildman–Crippen LogP) is 2.39. The normalized spacial score (nSPS) is 22.1. The number of carbonyl (C=O) groups is 3. The summed E-state index contributed by atoms with van der Waals surface area (Å²) >= 11 is 0. The van der Waals surface area contributed by atoms with Crippen molar-refractivity contribution in [2.45, 2.75) is 56.4 Å². The fraction of sp³-hybridized carbons (Fsp3) is 0.619. The number of ether oxygens (including phenoxy) is 1. The van der Waals surface area contributed by atoms with Gasteiger partial charge in [0.15, 0.2) is 0 Å². The van der Waals surface area contributed by atoms with E-state index in [-0.39, 0.29) is 23.5 Å². The summed E-state index contributed by atoms with van der Waals surface area (Å²) in [6.45, 7) is 2.13. The van der Waals surface area contributed by atoms with E-state index in [1.54, 1.807) is 24.5 Å². The number of hydrogen-bond acceptors (Lipinski definition) is 5. The van der Waals surface area contributed by atoms with Gasteiger partial charge < -0.3 is 20.1 Å². The average molecular weight is 457 g/mol. The molecule has 8 nitrogen and oxygen atoms in total. The number of carboxylic acid groups (broad SMARTS) is 1. The average Bonchev–Trinajstić information content (AvgIpc) is 3.52. The molecular weight excluding hydrogens is 431 g/mol. The Balaban J connectivity index is 0.000000360. The summed E-state index contributed by atoms with van der Waals surface area (Å²) in [6.07, 6.45) is 3.63. The van der Waals surface area contributed by atoms with Crippen molar-refractivity contribution in [1.29, 1.82) is 0 Å². The van der Waals surface area contributed by atoms with Gasteiger partial charge in [0.2, 0.25) is 5.91 Å². The first-order valence-electron chi connectivity index (χ1n) is 10.5. The third-order valence-electron chi connectivity index (χ3n) is 5.92. The van der Waals surface area contributed by atoms with E-state index in [1.165, 1.54) is 12.8 Å². The predicted molar refractivity (Wildman–Crippen MR) is 106 cm³/mol. The van der Waals surface area contributed by atoms with Crippen molar-refractivity contribution in [3.05, 3.63) is 30.1 Å². The number of nitrogens with zero attached hydrogens (tertiary/aromatic N) is 2. The third-order valence-corrected chi connectivity index (χ3v) is 5.92. The molecule has 2 aliphatic heterocycles. The Bertz CT molecular complexity index is 822. The summed E-state index contributed by atoms with van der Waals surface area (Å²) < 4.78 is 37.9. The smallest absolute Gasteiger partial charge is 0.475 e. The van der Waals surface area contributed by atoms with Crippen molar-refractivity contribution in [2.75, 3.05) is 19.6 Å². The molecule has 4 rings (SSSR count). The molecule has 1 aromatic rings. The van der Waals surface area contributed by atoms with Crippen LogP contribution in [-0.2, 0) is 14.3 Å². The minimum Gasteiger partial charge on any atom is -0.475 e. The standard InChI is InChI=1S/C19H25N3O3.C2HF3O2/c23-17(21-12-14-3-4-14)16-5-6-19(25-16)7-10-22(11-8-19)18(24)15-2-1-9-20-13-15;3-2(4,5)1(6)7/h1-2,9,13-14,16H,3-8,10-12H2,(H,21,23);(H,6,7). The van der Waals surface area contributed by atoms with Crippen LogP contribution in [0.15, 0.2) is 24.5 Å². The molecular formula is C21H26F3N3O5. The Morgan fingerprint density at radius 3 is 2.38 bits per heavy atom. The number of nitrogens with one attached hydrogen (secondary N) is 1. The highest BCUT2D eigenvalue weighted by Crippen LogP contribution is 2.39. The topological polar surface area (TPSA) is 109 Å². The van der Waals surface area contributed by atoms with Crippen molar-refractivity contribution in [3.63, 3.8) is 0 Å². The fourth-order valence-electron chi connectivity index (χ4n) is 3.84. The van der Waals surface area contributed by atoms with E-state index < -0.39 is 12.1 Å². The Morgan fingerprint density at radius 1 is 1.19 bits per heavy atom. The van der Waals surface area contributed by atoms with Gasteiger partial charge in [0.25, 0.3) is 5.91 Å². The van der Waals surface area contributed by atoms with Gasteiger partial charge in [-0.25, -0.2) is 4.79 Å². The van der Waals surface area contributed by atoms with Crippen molar-refractivity contribution in [1.82, 2.24) is 15.2 Å². The molecule has 1 unspecified atom stereocenters. The summed E-state index contributed by atoms with van der Waals surface area (Å²) in [7, 11) is 0. The zero-order valence-electron chi connectivity index (χ0n) is 17.4. The van der Waals surface area contributed by atoms with Gasteiger partial charge in [-0.05, 0) is 56.6 Å². The molecule has 2 N–H and O–H groups in total. The molecule has 3 heterocycles. The first-order chi connectivity index (χ1) is 15.1. The number of amides is 2. The molecule has 176 valence electrons. The van der Waals surface area contributed by atoms with E-state index in [2.05, 4.69) is 10.3 Å². The van der Waals surface area contributed by atoms with Crippen molar-refractivity contribution >= 4 is 17.8 Å². The summed E-state index contributed by atoms with van der Waals surface area (Å²) in [5, 5.41) is 10.1. The van der Waals surface area contributed by atoms with Crippen LogP contribution in [0.25, 0.3) is 0 Å². The van der Waals surface area contributed by atoms with E-state index in [0.29, 0.717) is 24.6 Å². The number of aromatic nitrogens is 1. The lowest BCUT2D eigenvalue weighted by Gasteiger charge is -2.39. The summed E-state index contributed by atoms with van der Waals surface area (Å²) in [5.74, 6) is -2.01. The second-order valence-electron chi connectivity index (χ2n) is 8.35. The molecule has 3 fully saturated rings. The SMILES string of the molecule is O=C(NCC1CC1)C1CCC2(CCN(C(=O)c3cccnc3)CC2)O1.O=C(O)C(F)(F)F. The van der Waals surface area contributed by atoms with E-state index >= 15 is 0 Å². The molecule has 2 saturated heterocycles. The minimum atomic E-state index is -5.08. The van der Waals surface area contributed by atoms with Crippen LogP contribution in [0.3, 0.4) is 0 Å². The van der Waals surface area contributed by atoms with Gasteiger partial charge in [0, 0.05) is 32.0 Å². The van der Waals surface area contributed by atoms with Gasteiger partial charge in [-0.15, -0.1) is 0 Å². The van der Waals surface area contributed by atoms with Gasteiger partial charge in [-0.2, -0.15) is 13.2 Å². The highest BCUT2D eigenvalue weighted by molar-refractivity contribution is 5.94. The molecule has 1 aromatic heterocycles. The van der Waals surface area contributed by atoms with Crippen LogP contribution in [0.1, 0.15) is 48.9 Å². The maximum atomic E-state index is 12.5. The zero-order chi connectivity index (χ0) is 23.4. The fourth-order valence-corrected chi connectivity index (χ4v) is 3.84. The lowest BCUT2D eigenvalue weighted by Crippen LogP contribution is -2.47. The summed E-state index contributed by atoms with van der Waals surface area (Å²) in [5.41, 5.74) is 0.399. The van der Waals surface area contributed by atoms with Gasteiger partial charge in [0.05, 0.1) is 11.2 Å². The molecule has 1 saturated carbocycles. The molecule has 3 aliphatic rings. The first-order valence-corrected chi connectivity index (χ1v) is 10.5. The number of carbonyl (C=O) groups excluding carboxylic acids is 2. The molecule has 1 aliphatic carbocycles. The monoisotopic (exact) mass is 457 g/mol. The zero-order valence-corrected chi connectivity index (χ0v) is 17.4. The van der Waals surface area contributed by atoms with E-state index in [4.69, 9.17) is 14.6 Å². The minimum absolute atomic E-state index is 0.0275. The maximum Gasteiger partial charge on any atom is 0.490 e. The number of likely N-dealkylation sites (tertiary alicyclic amines) is 1. The Kier molecular flexibility index (Phi) is 7.37. The molecule has 2 amide bonds. The number of halogens is 3. The van der Waals surface area contributed by atoms with Crippen LogP contribution in [0.2, 0.25) is 0 Å². The van der Waals surface area contributed by atoms with Gasteiger partial charge in [0.1, 0.15) is 6.10 Å². The Morgan fingerprint density at radius 2 is 1.84 bits per heavy atom. The van der Waals surface area contributed by atoms with Crippen LogP contribution in [-0.4, -0.2) is 70.3 Å². The highest BCUT2D eigenvalue weighted by atomic mass is 19.4. The number of rotatable bonds is 4. The second kappa shape index (κ2) is 9.85. The molecule has 1 atom stereocenters.